The van der Waals surface area contributed by atoms with Crippen LogP contribution in [0, 0.1) is 0 Å². The van der Waals surface area contributed by atoms with E-state index in [-0.39, 0.29) is 6.04 Å². The van der Waals surface area contributed by atoms with Crippen LogP contribution in [0.5, 0.6) is 0 Å². The third kappa shape index (κ3) is 3.57. The molecule has 0 saturated carbocycles. The molecule has 0 aromatic heterocycles. The second-order valence-electron chi connectivity index (χ2n) is 4.15. The molecule has 2 atom stereocenters. The highest BCUT2D eigenvalue weighted by atomic mass is 35.5. The molecule has 1 aromatic rings. The topological polar surface area (TPSA) is 41.5 Å². The lowest BCUT2D eigenvalue weighted by atomic mass is 10.0. The number of benzene rings is 1. The Morgan fingerprint density at radius 2 is 2.24 bits per heavy atom. The number of ether oxygens (including phenoxy) is 1. The van der Waals surface area contributed by atoms with Crippen LogP contribution in [0.3, 0.4) is 0 Å². The number of hydrogen-bond acceptors (Lipinski definition) is 3. The Morgan fingerprint density at radius 1 is 1.41 bits per heavy atom. The first-order valence-electron chi connectivity index (χ1n) is 5.61. The number of hydrogen-bond donors (Lipinski definition) is 2. The molecule has 1 aliphatic heterocycles. The maximum atomic E-state index is 10.1. The molecule has 0 spiro atoms. The molecule has 1 saturated heterocycles. The van der Waals surface area contributed by atoms with Crippen LogP contribution in [0.15, 0.2) is 18.2 Å². The van der Waals surface area contributed by atoms with E-state index in [0.717, 1.165) is 18.7 Å². The van der Waals surface area contributed by atoms with Gasteiger partial charge >= 0.3 is 0 Å². The van der Waals surface area contributed by atoms with Crippen molar-refractivity contribution in [3.05, 3.63) is 33.8 Å². The number of nitrogens with one attached hydrogen (secondary N) is 1. The molecule has 0 radical (unpaired) electrons. The fraction of sp³-hybridized carbons (Fsp3) is 0.500. The average Bonchev–Trinajstić information content (AvgIpc) is 2.34. The molecule has 1 aliphatic rings. The molecule has 17 heavy (non-hydrogen) atoms. The van der Waals surface area contributed by atoms with Crippen LogP contribution < -0.4 is 5.32 Å². The van der Waals surface area contributed by atoms with Gasteiger partial charge in [-0.1, -0.05) is 29.3 Å². The van der Waals surface area contributed by atoms with E-state index < -0.39 is 6.10 Å². The minimum absolute atomic E-state index is 0.188. The molecule has 3 nitrogen and oxygen atoms in total. The van der Waals surface area contributed by atoms with Crippen molar-refractivity contribution in [2.24, 2.45) is 0 Å². The molecule has 94 valence electrons. The number of aliphatic hydroxyl groups is 1. The first-order chi connectivity index (χ1) is 8.16. The Morgan fingerprint density at radius 3 is 2.88 bits per heavy atom. The van der Waals surface area contributed by atoms with Gasteiger partial charge in [0, 0.05) is 12.6 Å². The Balaban J connectivity index is 1.98. The lowest BCUT2D eigenvalue weighted by Crippen LogP contribution is -2.42. The Bertz CT molecular complexity index is 381. The van der Waals surface area contributed by atoms with E-state index in [1.54, 1.807) is 18.2 Å². The maximum Gasteiger partial charge on any atom is 0.0806 e. The predicted octanol–water partition coefficient (Wildman–Crippen LogP) is 2.41. The standard InChI is InChI=1S/C12H15Cl2NO2/c13-10-2-1-8(5-11(10)14)12(16)6-9-7-17-4-3-15-9/h1-2,5,9,12,15-16H,3-4,6-7H2. The summed E-state index contributed by atoms with van der Waals surface area (Å²) in [7, 11) is 0. The smallest absolute Gasteiger partial charge is 0.0806 e. The van der Waals surface area contributed by atoms with Gasteiger partial charge in [0.2, 0.25) is 0 Å². The van der Waals surface area contributed by atoms with Gasteiger partial charge in [-0.05, 0) is 24.1 Å². The van der Waals surface area contributed by atoms with Crippen LogP contribution in [0.1, 0.15) is 18.1 Å². The summed E-state index contributed by atoms with van der Waals surface area (Å²) in [6, 6.07) is 5.39. The number of rotatable bonds is 3. The number of halogens is 2. The summed E-state index contributed by atoms with van der Waals surface area (Å²) < 4.78 is 5.34. The first-order valence-corrected chi connectivity index (χ1v) is 6.36. The normalized spacial score (nSPS) is 22.4. The van der Waals surface area contributed by atoms with Crippen LogP contribution in [-0.2, 0) is 4.74 Å². The first kappa shape index (κ1) is 13.1. The van der Waals surface area contributed by atoms with E-state index in [2.05, 4.69) is 5.32 Å². The van der Waals surface area contributed by atoms with Crippen molar-refractivity contribution in [2.75, 3.05) is 19.8 Å². The molecule has 0 amide bonds. The van der Waals surface area contributed by atoms with Crippen LogP contribution in [0.4, 0.5) is 0 Å². The zero-order chi connectivity index (χ0) is 12.3. The molecule has 2 N–H and O–H groups in total. The van der Waals surface area contributed by atoms with Crippen LogP contribution in [0.25, 0.3) is 0 Å². The highest BCUT2D eigenvalue weighted by molar-refractivity contribution is 6.42. The molecular weight excluding hydrogens is 261 g/mol. The summed E-state index contributed by atoms with van der Waals surface area (Å²) in [4.78, 5) is 0. The molecule has 1 fully saturated rings. The SMILES string of the molecule is OC(CC1COCCN1)c1ccc(Cl)c(Cl)c1. The number of aliphatic hydroxyl groups excluding tert-OH is 1. The molecule has 0 aliphatic carbocycles. The third-order valence-electron chi connectivity index (χ3n) is 2.83. The minimum atomic E-state index is -0.552. The summed E-state index contributed by atoms with van der Waals surface area (Å²) in [6.45, 7) is 2.20. The zero-order valence-electron chi connectivity index (χ0n) is 9.33. The molecule has 0 bridgehead atoms. The van der Waals surface area contributed by atoms with Gasteiger partial charge in [-0.3, -0.25) is 0 Å². The molecule has 2 rings (SSSR count). The molecular formula is C12H15Cl2NO2. The fourth-order valence-electron chi connectivity index (χ4n) is 1.90. The van der Waals surface area contributed by atoms with E-state index in [1.807, 2.05) is 0 Å². The summed E-state index contributed by atoms with van der Waals surface area (Å²) in [5.74, 6) is 0. The monoisotopic (exact) mass is 275 g/mol. The highest BCUT2D eigenvalue weighted by Gasteiger charge is 2.18. The van der Waals surface area contributed by atoms with Crippen molar-refractivity contribution in [3.63, 3.8) is 0 Å². The maximum absolute atomic E-state index is 10.1. The van der Waals surface area contributed by atoms with Crippen molar-refractivity contribution in [2.45, 2.75) is 18.6 Å². The summed E-state index contributed by atoms with van der Waals surface area (Å²) in [5, 5.41) is 14.4. The minimum Gasteiger partial charge on any atom is -0.388 e. The average molecular weight is 276 g/mol. The molecule has 5 heteroatoms. The van der Waals surface area contributed by atoms with Gasteiger partial charge in [-0.25, -0.2) is 0 Å². The van der Waals surface area contributed by atoms with E-state index in [0.29, 0.717) is 23.1 Å². The largest absolute Gasteiger partial charge is 0.388 e. The van der Waals surface area contributed by atoms with Gasteiger partial charge in [-0.2, -0.15) is 0 Å². The van der Waals surface area contributed by atoms with Gasteiger partial charge in [0.1, 0.15) is 0 Å². The van der Waals surface area contributed by atoms with E-state index in [9.17, 15) is 5.11 Å². The van der Waals surface area contributed by atoms with Crippen LogP contribution in [0.2, 0.25) is 10.0 Å². The Kier molecular flexibility index (Phi) is 4.65. The van der Waals surface area contributed by atoms with Gasteiger partial charge in [0.15, 0.2) is 0 Å². The van der Waals surface area contributed by atoms with Gasteiger partial charge in [-0.15, -0.1) is 0 Å². The number of morpholine rings is 1. The summed E-state index contributed by atoms with van der Waals surface area (Å²) in [6.07, 6.45) is 0.0572. The van der Waals surface area contributed by atoms with Crippen LogP contribution >= 0.6 is 23.2 Å². The second kappa shape index (κ2) is 6.03. The van der Waals surface area contributed by atoms with Gasteiger partial charge in [0.25, 0.3) is 0 Å². The van der Waals surface area contributed by atoms with E-state index in [4.69, 9.17) is 27.9 Å². The quantitative estimate of drug-likeness (QED) is 0.890. The Labute approximate surface area is 111 Å². The summed E-state index contributed by atoms with van der Waals surface area (Å²) >= 11 is 11.7. The second-order valence-corrected chi connectivity index (χ2v) is 4.97. The summed E-state index contributed by atoms with van der Waals surface area (Å²) in [5.41, 5.74) is 0.784. The van der Waals surface area contributed by atoms with Crippen molar-refractivity contribution >= 4 is 23.2 Å². The van der Waals surface area contributed by atoms with Crippen molar-refractivity contribution in [1.82, 2.24) is 5.32 Å². The van der Waals surface area contributed by atoms with E-state index >= 15 is 0 Å². The fourth-order valence-corrected chi connectivity index (χ4v) is 2.20. The zero-order valence-corrected chi connectivity index (χ0v) is 10.8. The van der Waals surface area contributed by atoms with Crippen molar-refractivity contribution in [3.8, 4) is 0 Å². The van der Waals surface area contributed by atoms with Gasteiger partial charge in [0.05, 0.1) is 29.4 Å². The Hall–Kier alpha value is -0.320. The highest BCUT2D eigenvalue weighted by Crippen LogP contribution is 2.27. The van der Waals surface area contributed by atoms with E-state index in [1.165, 1.54) is 0 Å². The molecule has 1 heterocycles. The lowest BCUT2D eigenvalue weighted by molar-refractivity contribution is 0.0519. The van der Waals surface area contributed by atoms with Crippen molar-refractivity contribution < 1.29 is 9.84 Å². The van der Waals surface area contributed by atoms with Crippen LogP contribution in [-0.4, -0.2) is 30.9 Å². The van der Waals surface area contributed by atoms with Gasteiger partial charge < -0.3 is 15.2 Å². The van der Waals surface area contributed by atoms with Crippen molar-refractivity contribution in [1.29, 1.82) is 0 Å². The molecule has 2 unspecified atom stereocenters. The third-order valence-corrected chi connectivity index (χ3v) is 3.57. The molecule has 1 aromatic carbocycles. The predicted molar refractivity (Wildman–Crippen MR) is 68.6 cm³/mol. The lowest BCUT2D eigenvalue weighted by Gasteiger charge is -2.26.